The molecule has 0 aliphatic carbocycles. The minimum absolute atomic E-state index is 0.0679. The molecule has 6 nitrogen and oxygen atoms in total. The molecule has 0 fully saturated rings. The van der Waals surface area contributed by atoms with Crippen molar-refractivity contribution in [2.24, 2.45) is 10.9 Å². The van der Waals surface area contributed by atoms with Crippen molar-refractivity contribution in [3.05, 3.63) is 48.5 Å². The van der Waals surface area contributed by atoms with E-state index in [1.165, 1.54) is 6.20 Å². The number of amidine groups is 1. The van der Waals surface area contributed by atoms with Gasteiger partial charge in [0, 0.05) is 18.5 Å². The van der Waals surface area contributed by atoms with Gasteiger partial charge in [0.1, 0.15) is 17.2 Å². The van der Waals surface area contributed by atoms with Crippen LogP contribution in [0.4, 0.5) is 0 Å². The number of rotatable bonds is 3. The number of pyridine rings is 2. The summed E-state index contributed by atoms with van der Waals surface area (Å²) < 4.78 is 5.52. The van der Waals surface area contributed by atoms with Crippen LogP contribution in [0, 0.1) is 0 Å². The van der Waals surface area contributed by atoms with E-state index in [1.54, 1.807) is 36.7 Å². The van der Waals surface area contributed by atoms with Crippen LogP contribution >= 0.6 is 0 Å². The number of ether oxygens (including phenoxy) is 1. The van der Waals surface area contributed by atoms with Gasteiger partial charge in [-0.2, -0.15) is 0 Å². The first-order valence-corrected chi connectivity index (χ1v) is 4.81. The fourth-order valence-electron chi connectivity index (χ4n) is 1.21. The van der Waals surface area contributed by atoms with E-state index in [0.29, 0.717) is 17.2 Å². The largest absolute Gasteiger partial charge is 0.456 e. The Morgan fingerprint density at radius 1 is 1.29 bits per heavy atom. The molecule has 0 radical (unpaired) electrons. The Morgan fingerprint density at radius 3 is 2.88 bits per heavy atom. The van der Waals surface area contributed by atoms with Crippen LogP contribution in [-0.4, -0.2) is 21.0 Å². The molecule has 0 amide bonds. The minimum atomic E-state index is -0.0679. The van der Waals surface area contributed by atoms with Crippen molar-refractivity contribution in [3.63, 3.8) is 0 Å². The van der Waals surface area contributed by atoms with Crippen LogP contribution in [0.1, 0.15) is 5.69 Å². The Hall–Kier alpha value is -2.63. The van der Waals surface area contributed by atoms with Crippen molar-refractivity contribution in [3.8, 4) is 11.5 Å². The summed E-state index contributed by atoms with van der Waals surface area (Å²) in [5, 5.41) is 11.4. The van der Waals surface area contributed by atoms with Crippen molar-refractivity contribution in [1.29, 1.82) is 0 Å². The molecular weight excluding hydrogens is 220 g/mol. The lowest BCUT2D eigenvalue weighted by atomic mass is 10.3. The predicted molar refractivity (Wildman–Crippen MR) is 61.1 cm³/mol. The smallest absolute Gasteiger partial charge is 0.188 e. The first-order chi connectivity index (χ1) is 8.29. The third kappa shape index (κ3) is 2.69. The van der Waals surface area contributed by atoms with Crippen molar-refractivity contribution in [2.75, 3.05) is 0 Å². The van der Waals surface area contributed by atoms with Crippen LogP contribution < -0.4 is 10.5 Å². The summed E-state index contributed by atoms with van der Waals surface area (Å²) in [4.78, 5) is 7.87. The van der Waals surface area contributed by atoms with Gasteiger partial charge in [-0.25, -0.2) is 0 Å². The molecule has 2 aromatic rings. The van der Waals surface area contributed by atoms with Gasteiger partial charge >= 0.3 is 0 Å². The van der Waals surface area contributed by atoms with Crippen molar-refractivity contribution < 1.29 is 9.94 Å². The summed E-state index contributed by atoms with van der Waals surface area (Å²) in [6.07, 6.45) is 4.75. The van der Waals surface area contributed by atoms with Gasteiger partial charge in [0.25, 0.3) is 0 Å². The highest BCUT2D eigenvalue weighted by atomic mass is 16.5. The van der Waals surface area contributed by atoms with E-state index in [-0.39, 0.29) is 5.84 Å². The Kier molecular flexibility index (Phi) is 3.15. The normalized spacial score (nSPS) is 11.2. The molecule has 0 saturated heterocycles. The second-order valence-corrected chi connectivity index (χ2v) is 3.15. The van der Waals surface area contributed by atoms with Gasteiger partial charge in [0.05, 0.1) is 6.20 Å². The molecule has 0 saturated carbocycles. The number of hydrogen-bond donors (Lipinski definition) is 2. The van der Waals surface area contributed by atoms with Gasteiger partial charge in [-0.15, -0.1) is 0 Å². The summed E-state index contributed by atoms with van der Waals surface area (Å²) in [6, 6.07) is 6.78. The standard InChI is InChI=1S/C11H10N4O2/c12-11(15-16)10-6-8(3-5-14-10)17-9-2-1-4-13-7-9/h1-7,16H,(H2,12,15). The summed E-state index contributed by atoms with van der Waals surface area (Å²) in [7, 11) is 0. The summed E-state index contributed by atoms with van der Waals surface area (Å²) in [5.41, 5.74) is 5.77. The van der Waals surface area contributed by atoms with Gasteiger partial charge < -0.3 is 15.7 Å². The van der Waals surface area contributed by atoms with Gasteiger partial charge in [-0.05, 0) is 18.2 Å². The second kappa shape index (κ2) is 4.93. The molecule has 86 valence electrons. The van der Waals surface area contributed by atoms with Crippen LogP contribution in [0.25, 0.3) is 0 Å². The summed E-state index contributed by atoms with van der Waals surface area (Å²) in [5.74, 6) is 1.07. The number of nitrogens with two attached hydrogens (primary N) is 1. The lowest BCUT2D eigenvalue weighted by Crippen LogP contribution is -2.14. The Labute approximate surface area is 97.4 Å². The van der Waals surface area contributed by atoms with Crippen LogP contribution in [-0.2, 0) is 0 Å². The summed E-state index contributed by atoms with van der Waals surface area (Å²) in [6.45, 7) is 0. The highest BCUT2D eigenvalue weighted by Gasteiger charge is 2.03. The maximum Gasteiger partial charge on any atom is 0.188 e. The monoisotopic (exact) mass is 230 g/mol. The summed E-state index contributed by atoms with van der Waals surface area (Å²) >= 11 is 0. The second-order valence-electron chi connectivity index (χ2n) is 3.15. The van der Waals surface area contributed by atoms with Crippen LogP contribution in [0.5, 0.6) is 11.5 Å². The highest BCUT2D eigenvalue weighted by Crippen LogP contribution is 2.19. The van der Waals surface area contributed by atoms with Gasteiger partial charge in [0.2, 0.25) is 0 Å². The first kappa shape index (κ1) is 10.9. The molecule has 0 bridgehead atoms. The van der Waals surface area contributed by atoms with Crippen LogP contribution in [0.3, 0.4) is 0 Å². The molecule has 2 heterocycles. The van der Waals surface area contributed by atoms with Crippen molar-refractivity contribution in [2.45, 2.75) is 0 Å². The average Bonchev–Trinajstić information content (AvgIpc) is 2.39. The molecule has 2 aromatic heterocycles. The van der Waals surface area contributed by atoms with E-state index in [9.17, 15) is 0 Å². The lowest BCUT2D eigenvalue weighted by Gasteiger charge is -2.05. The molecule has 17 heavy (non-hydrogen) atoms. The molecule has 0 spiro atoms. The maximum atomic E-state index is 8.54. The van der Waals surface area contributed by atoms with Gasteiger partial charge in [0.15, 0.2) is 5.84 Å². The molecule has 0 aliphatic heterocycles. The van der Waals surface area contributed by atoms with Crippen molar-refractivity contribution in [1.82, 2.24) is 9.97 Å². The number of nitrogens with zero attached hydrogens (tertiary/aromatic N) is 3. The molecule has 0 aromatic carbocycles. The fraction of sp³-hybridized carbons (Fsp3) is 0. The van der Waals surface area contributed by atoms with E-state index in [4.69, 9.17) is 15.7 Å². The quantitative estimate of drug-likeness (QED) is 0.359. The number of hydrogen-bond acceptors (Lipinski definition) is 5. The van der Waals surface area contributed by atoms with Crippen LogP contribution in [0.15, 0.2) is 48.0 Å². The predicted octanol–water partition coefficient (Wildman–Crippen LogP) is 1.36. The maximum absolute atomic E-state index is 8.54. The molecule has 2 rings (SSSR count). The van der Waals surface area contributed by atoms with E-state index < -0.39 is 0 Å². The number of oxime groups is 1. The zero-order chi connectivity index (χ0) is 12.1. The number of aromatic nitrogens is 2. The van der Waals surface area contributed by atoms with E-state index in [0.717, 1.165) is 0 Å². The SMILES string of the molecule is NC(=NO)c1cc(Oc2cccnc2)ccn1. The van der Waals surface area contributed by atoms with E-state index >= 15 is 0 Å². The molecule has 6 heteroatoms. The lowest BCUT2D eigenvalue weighted by molar-refractivity contribution is 0.318. The van der Waals surface area contributed by atoms with Crippen LogP contribution in [0.2, 0.25) is 0 Å². The van der Waals surface area contributed by atoms with E-state index in [2.05, 4.69) is 15.1 Å². The third-order valence-electron chi connectivity index (χ3n) is 1.97. The Balaban J connectivity index is 2.23. The van der Waals surface area contributed by atoms with Gasteiger partial charge in [-0.1, -0.05) is 5.16 Å². The molecule has 0 atom stereocenters. The minimum Gasteiger partial charge on any atom is -0.456 e. The molecule has 3 N–H and O–H groups in total. The third-order valence-corrected chi connectivity index (χ3v) is 1.97. The zero-order valence-electron chi connectivity index (χ0n) is 8.82. The molecule has 0 unspecified atom stereocenters. The topological polar surface area (TPSA) is 93.6 Å². The molecule has 0 aliphatic rings. The average molecular weight is 230 g/mol. The Morgan fingerprint density at radius 2 is 2.18 bits per heavy atom. The first-order valence-electron chi connectivity index (χ1n) is 4.81. The molecular formula is C11H10N4O2. The van der Waals surface area contributed by atoms with Crippen molar-refractivity contribution >= 4 is 5.84 Å². The Bertz CT molecular complexity index is 528. The zero-order valence-corrected chi connectivity index (χ0v) is 8.82. The van der Waals surface area contributed by atoms with Gasteiger partial charge in [-0.3, -0.25) is 9.97 Å². The fourth-order valence-corrected chi connectivity index (χ4v) is 1.21. The van der Waals surface area contributed by atoms with E-state index in [1.807, 2.05) is 0 Å². The highest BCUT2D eigenvalue weighted by molar-refractivity contribution is 5.95.